The lowest BCUT2D eigenvalue weighted by Crippen LogP contribution is -2.41. The second kappa shape index (κ2) is 13.2. The Bertz CT molecular complexity index is 1010. The first kappa shape index (κ1) is 28.1. The number of benzene rings is 2. The largest absolute Gasteiger partial charge is 0.573 e. The second-order valence-corrected chi connectivity index (χ2v) is 8.61. The van der Waals surface area contributed by atoms with Gasteiger partial charge in [0.25, 0.3) is 0 Å². The summed E-state index contributed by atoms with van der Waals surface area (Å²) in [4.78, 5) is 25.6. The summed E-state index contributed by atoms with van der Waals surface area (Å²) in [7, 11) is 0. The molecule has 11 heteroatoms. The first-order chi connectivity index (χ1) is 17.6. The van der Waals surface area contributed by atoms with Crippen LogP contribution in [0.4, 0.5) is 18.0 Å². The van der Waals surface area contributed by atoms with Crippen LogP contribution >= 0.6 is 0 Å². The summed E-state index contributed by atoms with van der Waals surface area (Å²) in [6.07, 6.45) is -3.00. The topological polar surface area (TPSA) is 94.5 Å². The van der Waals surface area contributed by atoms with Gasteiger partial charge in [-0.05, 0) is 67.6 Å². The molecule has 1 atom stereocenters. The molecule has 1 fully saturated rings. The fraction of sp³-hybridized carbons (Fsp3) is 0.462. The zero-order valence-corrected chi connectivity index (χ0v) is 20.4. The van der Waals surface area contributed by atoms with Gasteiger partial charge in [0.05, 0.1) is 6.54 Å². The van der Waals surface area contributed by atoms with E-state index in [4.69, 9.17) is 14.2 Å². The van der Waals surface area contributed by atoms with E-state index in [1.807, 2.05) is 0 Å². The monoisotopic (exact) mass is 525 g/mol. The van der Waals surface area contributed by atoms with Gasteiger partial charge in [-0.1, -0.05) is 18.6 Å². The van der Waals surface area contributed by atoms with Crippen LogP contribution in [-0.2, 0) is 16.0 Å². The minimum Gasteiger partial charge on any atom is -0.492 e. The van der Waals surface area contributed by atoms with Crippen LogP contribution in [0.2, 0.25) is 0 Å². The molecule has 1 saturated carbocycles. The van der Waals surface area contributed by atoms with Crippen molar-refractivity contribution in [1.29, 1.82) is 0 Å². The maximum absolute atomic E-state index is 12.8. The molecule has 0 aliphatic heterocycles. The van der Waals surface area contributed by atoms with E-state index in [2.05, 4.69) is 4.74 Å². The Morgan fingerprint density at radius 2 is 1.65 bits per heavy atom. The lowest BCUT2D eigenvalue weighted by atomic mass is 9.85. The number of nitrogens with zero attached hydrogens (tertiary/aromatic N) is 1. The van der Waals surface area contributed by atoms with Gasteiger partial charge < -0.3 is 29.0 Å². The van der Waals surface area contributed by atoms with Gasteiger partial charge in [0.15, 0.2) is 6.10 Å². The standard InChI is InChI=1S/C26H30F3NO7/c1-2-34-23(24(31)32)16-18-6-8-20(9-7-18)35-15-14-30(17-19-4-3-5-19)25(33)36-21-10-12-22(13-11-21)37-26(27,28)29/h6-13,19,23H,2-5,14-17H2,1H3,(H,31,32). The number of rotatable bonds is 13. The average molecular weight is 526 g/mol. The SMILES string of the molecule is CCOC(Cc1ccc(OCCN(CC2CCC2)C(=O)Oc2ccc(OC(F)(F)F)cc2)cc1)C(=O)O. The molecule has 1 aliphatic rings. The molecule has 202 valence electrons. The fourth-order valence-electron chi connectivity index (χ4n) is 3.75. The molecule has 1 N–H and O–H groups in total. The molecule has 37 heavy (non-hydrogen) atoms. The zero-order valence-electron chi connectivity index (χ0n) is 20.4. The van der Waals surface area contributed by atoms with Gasteiger partial charge in [-0.3, -0.25) is 0 Å². The summed E-state index contributed by atoms with van der Waals surface area (Å²) in [6.45, 7) is 2.97. The number of carbonyl (C=O) groups is 2. The quantitative estimate of drug-likeness (QED) is 0.379. The van der Waals surface area contributed by atoms with Crippen LogP contribution in [0.25, 0.3) is 0 Å². The number of halogens is 3. The van der Waals surface area contributed by atoms with E-state index < -0.39 is 30.3 Å². The van der Waals surface area contributed by atoms with Gasteiger partial charge in [0.2, 0.25) is 0 Å². The van der Waals surface area contributed by atoms with Crippen molar-refractivity contribution in [2.24, 2.45) is 5.92 Å². The summed E-state index contributed by atoms with van der Waals surface area (Å²) in [5.41, 5.74) is 0.787. The van der Waals surface area contributed by atoms with Crippen molar-refractivity contribution in [2.45, 2.75) is 45.1 Å². The minimum absolute atomic E-state index is 0.0985. The molecule has 0 saturated heterocycles. The molecule has 1 amide bonds. The van der Waals surface area contributed by atoms with E-state index >= 15 is 0 Å². The predicted molar refractivity (Wildman–Crippen MR) is 127 cm³/mol. The van der Waals surface area contributed by atoms with Crippen LogP contribution in [0.1, 0.15) is 31.7 Å². The molecule has 0 aromatic heterocycles. The Labute approximate surface area is 212 Å². The molecular formula is C26H30F3NO7. The lowest BCUT2D eigenvalue weighted by Gasteiger charge is -2.31. The van der Waals surface area contributed by atoms with Crippen molar-refractivity contribution in [1.82, 2.24) is 4.90 Å². The molecule has 8 nitrogen and oxygen atoms in total. The number of aliphatic carboxylic acids is 1. The predicted octanol–water partition coefficient (Wildman–Crippen LogP) is 5.30. The van der Waals surface area contributed by atoms with Gasteiger partial charge >= 0.3 is 18.4 Å². The Kier molecular flexibility index (Phi) is 10.0. The highest BCUT2D eigenvalue weighted by Crippen LogP contribution is 2.28. The highest BCUT2D eigenvalue weighted by Gasteiger charge is 2.31. The molecule has 1 aliphatic carbocycles. The molecule has 1 unspecified atom stereocenters. The number of hydrogen-bond acceptors (Lipinski definition) is 6. The summed E-state index contributed by atoms with van der Waals surface area (Å²) in [5.74, 6) is -0.409. The summed E-state index contributed by atoms with van der Waals surface area (Å²) in [6, 6.07) is 11.6. The van der Waals surface area contributed by atoms with Crippen molar-refractivity contribution in [2.75, 3.05) is 26.3 Å². The third kappa shape index (κ3) is 9.49. The number of ether oxygens (including phenoxy) is 4. The number of carboxylic acids is 1. The van der Waals surface area contributed by atoms with Crippen LogP contribution in [0.15, 0.2) is 48.5 Å². The van der Waals surface area contributed by atoms with Crippen molar-refractivity contribution < 1.29 is 46.8 Å². The highest BCUT2D eigenvalue weighted by atomic mass is 19.4. The molecule has 2 aromatic carbocycles. The zero-order chi connectivity index (χ0) is 26.8. The first-order valence-corrected chi connectivity index (χ1v) is 12.0. The minimum atomic E-state index is -4.80. The molecule has 2 aromatic rings. The van der Waals surface area contributed by atoms with Crippen LogP contribution in [0, 0.1) is 5.92 Å². The smallest absolute Gasteiger partial charge is 0.492 e. The van der Waals surface area contributed by atoms with E-state index in [1.165, 1.54) is 17.0 Å². The van der Waals surface area contributed by atoms with E-state index in [-0.39, 0.29) is 25.3 Å². The van der Waals surface area contributed by atoms with Gasteiger partial charge in [-0.25, -0.2) is 9.59 Å². The summed E-state index contributed by atoms with van der Waals surface area (Å²) in [5, 5.41) is 9.22. The summed E-state index contributed by atoms with van der Waals surface area (Å²) < 4.78 is 57.2. The Balaban J connectivity index is 1.52. The summed E-state index contributed by atoms with van der Waals surface area (Å²) >= 11 is 0. The number of amides is 1. The van der Waals surface area contributed by atoms with Crippen LogP contribution in [0.5, 0.6) is 17.2 Å². The normalized spacial score (nSPS) is 14.4. The van der Waals surface area contributed by atoms with Crippen LogP contribution in [-0.4, -0.2) is 60.8 Å². The molecular weight excluding hydrogens is 495 g/mol. The third-order valence-corrected chi connectivity index (χ3v) is 5.84. The van der Waals surface area contributed by atoms with E-state index in [9.17, 15) is 27.9 Å². The molecule has 0 spiro atoms. The van der Waals surface area contributed by atoms with Crippen molar-refractivity contribution in [3.05, 3.63) is 54.1 Å². The lowest BCUT2D eigenvalue weighted by molar-refractivity contribution is -0.274. The Morgan fingerprint density at radius 3 is 2.19 bits per heavy atom. The number of carbonyl (C=O) groups excluding carboxylic acids is 1. The van der Waals surface area contributed by atoms with Crippen molar-refractivity contribution in [3.8, 4) is 17.2 Å². The van der Waals surface area contributed by atoms with Crippen molar-refractivity contribution in [3.63, 3.8) is 0 Å². The second-order valence-electron chi connectivity index (χ2n) is 8.61. The van der Waals surface area contributed by atoms with Gasteiger partial charge in [-0.15, -0.1) is 13.2 Å². The molecule has 0 heterocycles. The van der Waals surface area contributed by atoms with Crippen LogP contribution < -0.4 is 14.2 Å². The average Bonchev–Trinajstić information content (AvgIpc) is 2.81. The van der Waals surface area contributed by atoms with E-state index in [1.54, 1.807) is 31.2 Å². The van der Waals surface area contributed by atoms with Gasteiger partial charge in [0, 0.05) is 19.6 Å². The van der Waals surface area contributed by atoms with E-state index in [0.29, 0.717) is 24.8 Å². The Hall–Kier alpha value is -3.47. The maximum Gasteiger partial charge on any atom is 0.573 e. The fourth-order valence-corrected chi connectivity index (χ4v) is 3.75. The molecule has 0 bridgehead atoms. The highest BCUT2D eigenvalue weighted by molar-refractivity contribution is 5.72. The molecule has 3 rings (SSSR count). The Morgan fingerprint density at radius 1 is 1.03 bits per heavy atom. The van der Waals surface area contributed by atoms with E-state index in [0.717, 1.165) is 37.0 Å². The number of hydrogen-bond donors (Lipinski definition) is 1. The van der Waals surface area contributed by atoms with Crippen molar-refractivity contribution >= 4 is 12.1 Å². The maximum atomic E-state index is 12.8. The van der Waals surface area contributed by atoms with Gasteiger partial charge in [0.1, 0.15) is 23.9 Å². The van der Waals surface area contributed by atoms with Gasteiger partial charge in [-0.2, -0.15) is 0 Å². The number of carboxylic acid groups (broad SMARTS) is 1. The van der Waals surface area contributed by atoms with Crippen LogP contribution in [0.3, 0.4) is 0 Å². The third-order valence-electron chi connectivity index (χ3n) is 5.84. The first-order valence-electron chi connectivity index (χ1n) is 12.0. The molecule has 0 radical (unpaired) electrons. The number of alkyl halides is 3.